The van der Waals surface area contributed by atoms with Gasteiger partial charge in [0.2, 0.25) is 11.8 Å². The molecule has 2 heterocycles. The van der Waals surface area contributed by atoms with E-state index in [1.165, 1.54) is 19.1 Å². The van der Waals surface area contributed by atoms with Gasteiger partial charge in [-0.3, -0.25) is 14.5 Å². The lowest BCUT2D eigenvalue weighted by atomic mass is 9.90. The average Bonchev–Trinajstić information content (AvgIpc) is 2.89. The van der Waals surface area contributed by atoms with E-state index in [4.69, 9.17) is 0 Å². The van der Waals surface area contributed by atoms with Crippen LogP contribution in [0, 0.1) is 11.7 Å². The normalized spacial score (nSPS) is 14.2. The standard InChI is InChI=1S/C28H33FN6O2/c1-20(36)30-14-15-31-25-5-3-2-4-24(25)28-32-13-10-26(34-28)33-27(37)19-35-16-11-22(12-17-35)18-21-6-8-23(29)9-7-21/h2-10,13,22,31H,11-12,14-19H2,1H3,(H,30,36)(H,32,33,34,37). The van der Waals surface area contributed by atoms with Crippen LogP contribution in [0.3, 0.4) is 0 Å². The van der Waals surface area contributed by atoms with Gasteiger partial charge < -0.3 is 16.0 Å². The number of likely N-dealkylation sites (tertiary alicyclic amines) is 1. The topological polar surface area (TPSA) is 99.2 Å². The monoisotopic (exact) mass is 504 g/mol. The Balaban J connectivity index is 1.28. The van der Waals surface area contributed by atoms with Gasteiger partial charge in [0.1, 0.15) is 11.6 Å². The molecule has 0 radical (unpaired) electrons. The molecule has 8 nitrogen and oxygen atoms in total. The van der Waals surface area contributed by atoms with Gasteiger partial charge >= 0.3 is 0 Å². The quantitative estimate of drug-likeness (QED) is 0.364. The van der Waals surface area contributed by atoms with E-state index in [9.17, 15) is 14.0 Å². The molecule has 1 aromatic heterocycles. The van der Waals surface area contributed by atoms with Crippen molar-refractivity contribution in [3.63, 3.8) is 0 Å². The number of nitrogens with zero attached hydrogens (tertiary/aromatic N) is 3. The first-order chi connectivity index (χ1) is 18.0. The molecule has 2 amide bonds. The fourth-order valence-corrected chi connectivity index (χ4v) is 4.51. The predicted molar refractivity (Wildman–Crippen MR) is 143 cm³/mol. The van der Waals surface area contributed by atoms with Crippen LogP contribution in [-0.2, 0) is 16.0 Å². The highest BCUT2D eigenvalue weighted by Crippen LogP contribution is 2.25. The molecule has 3 N–H and O–H groups in total. The maximum absolute atomic E-state index is 13.1. The number of anilines is 2. The summed E-state index contributed by atoms with van der Waals surface area (Å²) in [6.07, 6.45) is 4.59. The summed E-state index contributed by atoms with van der Waals surface area (Å²) >= 11 is 0. The predicted octanol–water partition coefficient (Wildman–Crippen LogP) is 3.72. The molecule has 4 rings (SSSR count). The van der Waals surface area contributed by atoms with Crippen LogP contribution < -0.4 is 16.0 Å². The molecule has 194 valence electrons. The summed E-state index contributed by atoms with van der Waals surface area (Å²) in [5, 5.41) is 8.96. The fraction of sp³-hybridized carbons (Fsp3) is 0.357. The highest BCUT2D eigenvalue weighted by molar-refractivity contribution is 5.91. The molecule has 0 aliphatic carbocycles. The highest BCUT2D eigenvalue weighted by atomic mass is 19.1. The number of carbonyl (C=O) groups excluding carboxylic acids is 2. The van der Waals surface area contributed by atoms with Crippen LogP contribution in [-0.4, -0.2) is 59.4 Å². The number of carbonyl (C=O) groups is 2. The zero-order chi connectivity index (χ0) is 26.0. The van der Waals surface area contributed by atoms with Gasteiger partial charge in [0.25, 0.3) is 0 Å². The van der Waals surface area contributed by atoms with E-state index in [2.05, 4.69) is 30.8 Å². The maximum atomic E-state index is 13.1. The minimum Gasteiger partial charge on any atom is -0.383 e. The molecule has 0 unspecified atom stereocenters. The summed E-state index contributed by atoms with van der Waals surface area (Å²) < 4.78 is 13.1. The van der Waals surface area contributed by atoms with Gasteiger partial charge in [-0.2, -0.15) is 0 Å². The van der Waals surface area contributed by atoms with Crippen molar-refractivity contribution in [1.29, 1.82) is 0 Å². The lowest BCUT2D eigenvalue weighted by Crippen LogP contribution is -2.39. The minimum atomic E-state index is -0.208. The zero-order valence-electron chi connectivity index (χ0n) is 21.0. The van der Waals surface area contributed by atoms with Gasteiger partial charge in [0.05, 0.1) is 6.54 Å². The number of para-hydroxylation sites is 1. The van der Waals surface area contributed by atoms with Gasteiger partial charge in [0, 0.05) is 37.5 Å². The molecule has 9 heteroatoms. The summed E-state index contributed by atoms with van der Waals surface area (Å²) in [6.45, 7) is 4.57. The maximum Gasteiger partial charge on any atom is 0.239 e. The number of rotatable bonds is 10. The minimum absolute atomic E-state index is 0.0729. The second kappa shape index (κ2) is 12.9. The number of nitrogens with one attached hydrogen (secondary N) is 3. The lowest BCUT2D eigenvalue weighted by molar-refractivity contribution is -0.119. The van der Waals surface area contributed by atoms with Gasteiger partial charge in [-0.05, 0) is 74.2 Å². The first-order valence-corrected chi connectivity index (χ1v) is 12.6. The van der Waals surface area contributed by atoms with Crippen LogP contribution >= 0.6 is 0 Å². The van der Waals surface area contributed by atoms with E-state index in [1.807, 2.05) is 36.4 Å². The van der Waals surface area contributed by atoms with Crippen molar-refractivity contribution < 1.29 is 14.0 Å². The van der Waals surface area contributed by atoms with Crippen molar-refractivity contribution in [2.45, 2.75) is 26.2 Å². The van der Waals surface area contributed by atoms with Crippen LogP contribution in [0.15, 0.2) is 60.8 Å². The van der Waals surface area contributed by atoms with Gasteiger partial charge in [-0.25, -0.2) is 14.4 Å². The van der Waals surface area contributed by atoms with Crippen molar-refractivity contribution >= 4 is 23.3 Å². The zero-order valence-corrected chi connectivity index (χ0v) is 21.0. The summed E-state index contributed by atoms with van der Waals surface area (Å²) in [5.74, 6) is 1.11. The highest BCUT2D eigenvalue weighted by Gasteiger charge is 2.21. The average molecular weight is 505 g/mol. The molecule has 3 aromatic rings. The third kappa shape index (κ3) is 8.08. The summed E-state index contributed by atoms with van der Waals surface area (Å²) in [7, 11) is 0. The number of benzene rings is 2. The Bertz CT molecular complexity index is 1200. The Kier molecular flexibility index (Phi) is 9.15. The second-order valence-corrected chi connectivity index (χ2v) is 9.32. The Labute approximate surface area is 216 Å². The molecular weight excluding hydrogens is 471 g/mol. The van der Waals surface area contributed by atoms with E-state index >= 15 is 0 Å². The van der Waals surface area contributed by atoms with E-state index < -0.39 is 0 Å². The smallest absolute Gasteiger partial charge is 0.239 e. The molecule has 2 aromatic carbocycles. The molecule has 1 aliphatic rings. The molecular formula is C28H33FN6O2. The van der Waals surface area contributed by atoms with E-state index in [-0.39, 0.29) is 17.6 Å². The lowest BCUT2D eigenvalue weighted by Gasteiger charge is -2.31. The van der Waals surface area contributed by atoms with Crippen LogP contribution in [0.1, 0.15) is 25.3 Å². The molecule has 0 atom stereocenters. The Morgan fingerprint density at radius 3 is 2.54 bits per heavy atom. The summed E-state index contributed by atoms with van der Waals surface area (Å²) in [4.78, 5) is 34.9. The van der Waals surface area contributed by atoms with Crippen molar-refractivity contribution in [3.8, 4) is 11.4 Å². The SMILES string of the molecule is CC(=O)NCCNc1ccccc1-c1nccc(NC(=O)CN2CCC(Cc3ccc(F)cc3)CC2)n1. The molecule has 0 bridgehead atoms. The van der Waals surface area contributed by atoms with E-state index in [0.717, 1.165) is 49.2 Å². The summed E-state index contributed by atoms with van der Waals surface area (Å²) in [6, 6.07) is 16.1. The van der Waals surface area contributed by atoms with Crippen LogP contribution in [0.4, 0.5) is 15.9 Å². The molecule has 37 heavy (non-hydrogen) atoms. The molecule has 1 fully saturated rings. The van der Waals surface area contributed by atoms with Gasteiger partial charge in [0.15, 0.2) is 5.82 Å². The number of halogens is 1. The van der Waals surface area contributed by atoms with Crippen molar-refractivity contribution in [3.05, 3.63) is 72.2 Å². The van der Waals surface area contributed by atoms with Crippen molar-refractivity contribution in [2.24, 2.45) is 5.92 Å². The number of hydrogen-bond donors (Lipinski definition) is 3. The molecule has 1 aliphatic heterocycles. The number of amides is 2. The van der Waals surface area contributed by atoms with Crippen LogP contribution in [0.5, 0.6) is 0 Å². The largest absolute Gasteiger partial charge is 0.383 e. The van der Waals surface area contributed by atoms with Gasteiger partial charge in [-0.1, -0.05) is 24.3 Å². The number of piperidine rings is 1. The number of hydrogen-bond acceptors (Lipinski definition) is 6. The van der Waals surface area contributed by atoms with Gasteiger partial charge in [-0.15, -0.1) is 0 Å². The Morgan fingerprint density at radius 2 is 1.78 bits per heavy atom. The van der Waals surface area contributed by atoms with E-state index in [0.29, 0.717) is 37.2 Å². The second-order valence-electron chi connectivity index (χ2n) is 9.32. The van der Waals surface area contributed by atoms with Crippen molar-refractivity contribution in [1.82, 2.24) is 20.2 Å². The van der Waals surface area contributed by atoms with Crippen molar-refractivity contribution in [2.75, 3.05) is 43.4 Å². The Hall–Kier alpha value is -3.85. The third-order valence-corrected chi connectivity index (χ3v) is 6.42. The first kappa shape index (κ1) is 26.2. The third-order valence-electron chi connectivity index (χ3n) is 6.42. The van der Waals surface area contributed by atoms with E-state index in [1.54, 1.807) is 12.3 Å². The molecule has 0 spiro atoms. The first-order valence-electron chi connectivity index (χ1n) is 12.6. The van der Waals surface area contributed by atoms with Crippen LogP contribution in [0.2, 0.25) is 0 Å². The summed E-state index contributed by atoms with van der Waals surface area (Å²) in [5.41, 5.74) is 2.81. The molecule has 0 saturated carbocycles. The number of aromatic nitrogens is 2. The molecule has 1 saturated heterocycles. The fourth-order valence-electron chi connectivity index (χ4n) is 4.51. The van der Waals surface area contributed by atoms with Crippen LogP contribution in [0.25, 0.3) is 11.4 Å². The Morgan fingerprint density at radius 1 is 1.03 bits per heavy atom.